The van der Waals surface area contributed by atoms with Crippen LogP contribution in [-0.2, 0) is 9.59 Å². The third-order valence-electron chi connectivity index (χ3n) is 4.09. The standard InChI is InChI=1S/C13H22N4O3.ClH/c1-8(14-3)6-15-10(18)7-17-11(19)13(2,9-4-5-9)16-12(17)20;/h8-9,14H,4-7H2,1-3H3,(H,15,18)(H,16,20);1H. The van der Waals surface area contributed by atoms with E-state index in [1.807, 2.05) is 6.92 Å². The van der Waals surface area contributed by atoms with Crippen LogP contribution in [0.3, 0.4) is 0 Å². The summed E-state index contributed by atoms with van der Waals surface area (Å²) in [5.41, 5.74) is -0.824. The number of hydrogen-bond donors (Lipinski definition) is 3. The summed E-state index contributed by atoms with van der Waals surface area (Å²) in [6, 6.07) is -0.333. The zero-order chi connectivity index (χ0) is 14.9. The highest BCUT2D eigenvalue weighted by Gasteiger charge is 2.56. The zero-order valence-electron chi connectivity index (χ0n) is 12.6. The number of urea groups is 1. The lowest BCUT2D eigenvalue weighted by Gasteiger charge is -2.21. The highest BCUT2D eigenvalue weighted by Crippen LogP contribution is 2.42. The summed E-state index contributed by atoms with van der Waals surface area (Å²) in [5.74, 6) is -0.409. The molecule has 4 amide bonds. The Hall–Kier alpha value is -1.34. The summed E-state index contributed by atoms with van der Waals surface area (Å²) >= 11 is 0. The summed E-state index contributed by atoms with van der Waals surface area (Å²) in [5, 5.41) is 8.41. The Morgan fingerprint density at radius 2 is 2.10 bits per heavy atom. The van der Waals surface area contributed by atoms with E-state index in [4.69, 9.17) is 0 Å². The quantitative estimate of drug-likeness (QED) is 0.594. The van der Waals surface area contributed by atoms with Crippen LogP contribution >= 0.6 is 12.4 Å². The van der Waals surface area contributed by atoms with Gasteiger partial charge in [0.15, 0.2) is 0 Å². The maximum Gasteiger partial charge on any atom is 0.325 e. The van der Waals surface area contributed by atoms with Crippen LogP contribution in [0.5, 0.6) is 0 Å². The Labute approximate surface area is 130 Å². The number of carbonyl (C=O) groups excluding carboxylic acids is 3. The third kappa shape index (κ3) is 3.65. The molecule has 0 aromatic heterocycles. The molecule has 0 aromatic carbocycles. The van der Waals surface area contributed by atoms with Gasteiger partial charge in [-0.1, -0.05) is 0 Å². The summed E-state index contributed by atoms with van der Waals surface area (Å²) in [7, 11) is 1.80. The van der Waals surface area contributed by atoms with Crippen molar-refractivity contribution in [2.24, 2.45) is 5.92 Å². The lowest BCUT2D eigenvalue weighted by atomic mass is 9.96. The van der Waals surface area contributed by atoms with Gasteiger partial charge in [0, 0.05) is 12.6 Å². The van der Waals surface area contributed by atoms with Crippen molar-refractivity contribution in [3.63, 3.8) is 0 Å². The van der Waals surface area contributed by atoms with E-state index in [1.165, 1.54) is 0 Å². The fourth-order valence-corrected chi connectivity index (χ4v) is 2.37. The van der Waals surface area contributed by atoms with E-state index in [-0.39, 0.29) is 42.7 Å². The van der Waals surface area contributed by atoms with Crippen molar-refractivity contribution in [1.29, 1.82) is 0 Å². The number of amides is 4. The minimum absolute atomic E-state index is 0. The molecule has 2 rings (SSSR count). The normalized spacial score (nSPS) is 26.1. The van der Waals surface area contributed by atoms with Crippen LogP contribution in [0.25, 0.3) is 0 Å². The second kappa shape index (κ2) is 6.62. The van der Waals surface area contributed by atoms with Gasteiger partial charge in [-0.2, -0.15) is 0 Å². The monoisotopic (exact) mass is 318 g/mol. The molecule has 2 fully saturated rings. The highest BCUT2D eigenvalue weighted by molar-refractivity contribution is 6.09. The minimum atomic E-state index is -0.824. The zero-order valence-corrected chi connectivity index (χ0v) is 13.4. The van der Waals surface area contributed by atoms with Gasteiger partial charge in [-0.25, -0.2) is 4.79 Å². The Kier molecular flexibility index (Phi) is 5.58. The van der Waals surface area contributed by atoms with E-state index in [1.54, 1.807) is 14.0 Å². The number of rotatable bonds is 6. The number of carbonyl (C=O) groups is 3. The topological polar surface area (TPSA) is 90.5 Å². The third-order valence-corrected chi connectivity index (χ3v) is 4.09. The molecule has 21 heavy (non-hydrogen) atoms. The van der Waals surface area contributed by atoms with Gasteiger partial charge in [0.25, 0.3) is 5.91 Å². The Morgan fingerprint density at radius 3 is 2.62 bits per heavy atom. The molecule has 3 N–H and O–H groups in total. The smallest absolute Gasteiger partial charge is 0.325 e. The van der Waals surface area contributed by atoms with Crippen LogP contribution in [0.1, 0.15) is 26.7 Å². The molecule has 0 radical (unpaired) electrons. The van der Waals surface area contributed by atoms with Crippen molar-refractivity contribution in [3.8, 4) is 0 Å². The molecule has 7 nitrogen and oxygen atoms in total. The molecule has 1 aliphatic carbocycles. The number of nitrogens with one attached hydrogen (secondary N) is 3. The molecule has 1 aliphatic heterocycles. The first kappa shape index (κ1) is 17.7. The molecular weight excluding hydrogens is 296 g/mol. The first-order chi connectivity index (χ1) is 9.38. The summed E-state index contributed by atoms with van der Waals surface area (Å²) in [6.07, 6.45) is 1.89. The van der Waals surface area contributed by atoms with Crippen molar-refractivity contribution in [1.82, 2.24) is 20.9 Å². The molecule has 0 spiro atoms. The van der Waals surface area contributed by atoms with Gasteiger partial charge in [0.1, 0.15) is 12.1 Å². The number of halogens is 1. The summed E-state index contributed by atoms with van der Waals surface area (Å²) < 4.78 is 0. The number of likely N-dealkylation sites (N-methyl/N-ethyl adjacent to an activating group) is 1. The number of hydrogen-bond acceptors (Lipinski definition) is 4. The molecule has 1 saturated heterocycles. The van der Waals surface area contributed by atoms with Crippen molar-refractivity contribution >= 4 is 30.3 Å². The van der Waals surface area contributed by atoms with E-state index < -0.39 is 11.6 Å². The van der Waals surface area contributed by atoms with Crippen molar-refractivity contribution in [2.75, 3.05) is 20.1 Å². The van der Waals surface area contributed by atoms with Gasteiger partial charge in [-0.05, 0) is 39.7 Å². The van der Waals surface area contributed by atoms with Crippen molar-refractivity contribution < 1.29 is 14.4 Å². The van der Waals surface area contributed by atoms with E-state index >= 15 is 0 Å². The van der Waals surface area contributed by atoms with Gasteiger partial charge < -0.3 is 16.0 Å². The predicted molar refractivity (Wildman–Crippen MR) is 80.2 cm³/mol. The SMILES string of the molecule is CNC(C)CNC(=O)CN1C(=O)NC(C)(C2CC2)C1=O.Cl. The Morgan fingerprint density at radius 1 is 1.48 bits per heavy atom. The van der Waals surface area contributed by atoms with E-state index in [0.717, 1.165) is 17.7 Å². The average Bonchev–Trinajstić information content (AvgIpc) is 3.22. The lowest BCUT2D eigenvalue weighted by molar-refractivity contribution is -0.135. The molecule has 8 heteroatoms. The van der Waals surface area contributed by atoms with E-state index in [2.05, 4.69) is 16.0 Å². The largest absolute Gasteiger partial charge is 0.353 e. The van der Waals surface area contributed by atoms with Gasteiger partial charge >= 0.3 is 6.03 Å². The number of imide groups is 1. The van der Waals surface area contributed by atoms with Gasteiger partial charge in [-0.3, -0.25) is 14.5 Å². The van der Waals surface area contributed by atoms with Crippen LogP contribution in [0.2, 0.25) is 0 Å². The van der Waals surface area contributed by atoms with Crippen LogP contribution in [0.4, 0.5) is 4.79 Å². The second-order valence-electron chi connectivity index (χ2n) is 5.79. The molecule has 1 heterocycles. The predicted octanol–water partition coefficient (Wildman–Crippen LogP) is -0.147. The van der Waals surface area contributed by atoms with Crippen LogP contribution in [0, 0.1) is 5.92 Å². The molecule has 1 saturated carbocycles. The maximum absolute atomic E-state index is 12.3. The first-order valence-corrected chi connectivity index (χ1v) is 6.96. The van der Waals surface area contributed by atoms with Crippen LogP contribution in [-0.4, -0.2) is 54.5 Å². The summed E-state index contributed by atoms with van der Waals surface area (Å²) in [6.45, 7) is 3.91. The molecule has 0 aromatic rings. The van der Waals surface area contributed by atoms with Gasteiger partial charge in [0.05, 0.1) is 0 Å². The van der Waals surface area contributed by atoms with E-state index in [9.17, 15) is 14.4 Å². The first-order valence-electron chi connectivity index (χ1n) is 6.96. The van der Waals surface area contributed by atoms with Gasteiger partial charge in [0.2, 0.25) is 5.91 Å². The minimum Gasteiger partial charge on any atom is -0.353 e. The molecular formula is C13H23ClN4O3. The van der Waals surface area contributed by atoms with Crippen molar-refractivity contribution in [2.45, 2.75) is 38.3 Å². The lowest BCUT2D eigenvalue weighted by Crippen LogP contribution is -2.47. The molecule has 2 atom stereocenters. The van der Waals surface area contributed by atoms with Gasteiger partial charge in [-0.15, -0.1) is 12.4 Å². The average molecular weight is 319 g/mol. The van der Waals surface area contributed by atoms with Crippen molar-refractivity contribution in [3.05, 3.63) is 0 Å². The molecule has 0 bridgehead atoms. The molecule has 120 valence electrons. The maximum atomic E-state index is 12.3. The molecule has 2 unspecified atom stereocenters. The Bertz CT molecular complexity index is 441. The molecule has 2 aliphatic rings. The fourth-order valence-electron chi connectivity index (χ4n) is 2.37. The highest BCUT2D eigenvalue weighted by atomic mass is 35.5. The fraction of sp³-hybridized carbons (Fsp3) is 0.769. The second-order valence-corrected chi connectivity index (χ2v) is 5.79. The van der Waals surface area contributed by atoms with E-state index in [0.29, 0.717) is 6.54 Å². The van der Waals surface area contributed by atoms with Crippen LogP contribution < -0.4 is 16.0 Å². The summed E-state index contributed by atoms with van der Waals surface area (Å²) in [4.78, 5) is 37.0. The number of nitrogens with zero attached hydrogens (tertiary/aromatic N) is 1. The van der Waals surface area contributed by atoms with Crippen LogP contribution in [0.15, 0.2) is 0 Å². The Balaban J connectivity index is 0.00000220.